The molecule has 1 saturated carbocycles. The van der Waals surface area contributed by atoms with E-state index >= 15 is 0 Å². The molecule has 0 atom stereocenters. The van der Waals surface area contributed by atoms with E-state index in [9.17, 15) is 0 Å². The Bertz CT molecular complexity index is 465. The lowest BCUT2D eigenvalue weighted by Gasteiger charge is -2.26. The highest BCUT2D eigenvalue weighted by Crippen LogP contribution is 2.32. The van der Waals surface area contributed by atoms with E-state index < -0.39 is 0 Å². The SMILES string of the molecule is CCCCCC1CCC(/C=C/Cc2ccc(OCCCC)cc2)CC1. The fourth-order valence-corrected chi connectivity index (χ4v) is 3.81. The van der Waals surface area contributed by atoms with E-state index in [1.165, 1.54) is 63.4 Å². The molecule has 0 amide bonds. The zero-order chi connectivity index (χ0) is 17.7. The first-order chi connectivity index (χ1) is 12.3. The Balaban J connectivity index is 1.64. The van der Waals surface area contributed by atoms with Crippen molar-refractivity contribution in [2.45, 2.75) is 84.5 Å². The van der Waals surface area contributed by atoms with Crippen LogP contribution in [0.5, 0.6) is 5.75 Å². The van der Waals surface area contributed by atoms with Gasteiger partial charge >= 0.3 is 0 Å². The van der Waals surface area contributed by atoms with Crippen LogP contribution in [0, 0.1) is 11.8 Å². The summed E-state index contributed by atoms with van der Waals surface area (Å²) >= 11 is 0. The number of unbranched alkanes of at least 4 members (excludes halogenated alkanes) is 3. The summed E-state index contributed by atoms with van der Waals surface area (Å²) in [6.45, 7) is 5.32. The highest BCUT2D eigenvalue weighted by atomic mass is 16.5. The van der Waals surface area contributed by atoms with E-state index in [1.807, 2.05) is 0 Å². The summed E-state index contributed by atoms with van der Waals surface area (Å²) in [6, 6.07) is 8.63. The zero-order valence-electron chi connectivity index (χ0n) is 16.5. The zero-order valence-corrected chi connectivity index (χ0v) is 16.5. The number of allylic oxidation sites excluding steroid dienone is 2. The van der Waals surface area contributed by atoms with E-state index in [2.05, 4.69) is 50.3 Å². The third-order valence-electron chi connectivity index (χ3n) is 5.56. The largest absolute Gasteiger partial charge is 0.494 e. The van der Waals surface area contributed by atoms with Crippen molar-refractivity contribution in [1.29, 1.82) is 0 Å². The number of benzene rings is 1. The lowest BCUT2D eigenvalue weighted by Crippen LogP contribution is -2.13. The van der Waals surface area contributed by atoms with Crippen molar-refractivity contribution in [2.24, 2.45) is 11.8 Å². The first-order valence-corrected chi connectivity index (χ1v) is 10.7. The highest BCUT2D eigenvalue weighted by Gasteiger charge is 2.18. The van der Waals surface area contributed by atoms with Gasteiger partial charge < -0.3 is 4.74 Å². The number of hydrogen-bond donors (Lipinski definition) is 0. The van der Waals surface area contributed by atoms with Gasteiger partial charge in [0, 0.05) is 0 Å². The summed E-state index contributed by atoms with van der Waals surface area (Å²) in [5.41, 5.74) is 1.38. The van der Waals surface area contributed by atoms with Gasteiger partial charge in [-0.15, -0.1) is 0 Å². The van der Waals surface area contributed by atoms with Crippen LogP contribution in [0.25, 0.3) is 0 Å². The summed E-state index contributed by atoms with van der Waals surface area (Å²) in [4.78, 5) is 0. The standard InChI is InChI=1S/C24H38O/c1-3-5-7-9-21-12-14-22(15-13-21)10-8-11-23-16-18-24(19-17-23)25-20-6-4-2/h8,10,16-19,21-22H,3-7,9,11-15,20H2,1-2H3/b10-8+. The summed E-state index contributed by atoms with van der Waals surface area (Å²) in [6.07, 6.45) is 19.6. The van der Waals surface area contributed by atoms with Crippen molar-refractivity contribution in [3.8, 4) is 5.75 Å². The first kappa shape index (κ1) is 20.1. The molecule has 1 aromatic carbocycles. The van der Waals surface area contributed by atoms with Gasteiger partial charge in [-0.2, -0.15) is 0 Å². The van der Waals surface area contributed by atoms with Crippen LogP contribution in [0.4, 0.5) is 0 Å². The molecular formula is C24H38O. The first-order valence-electron chi connectivity index (χ1n) is 10.7. The molecule has 1 heteroatoms. The molecule has 140 valence electrons. The minimum absolute atomic E-state index is 0.819. The van der Waals surface area contributed by atoms with Crippen molar-refractivity contribution in [1.82, 2.24) is 0 Å². The third-order valence-corrected chi connectivity index (χ3v) is 5.56. The monoisotopic (exact) mass is 342 g/mol. The van der Waals surface area contributed by atoms with Crippen LogP contribution in [-0.2, 0) is 6.42 Å². The van der Waals surface area contributed by atoms with Crippen molar-refractivity contribution >= 4 is 0 Å². The average molecular weight is 343 g/mol. The lowest BCUT2D eigenvalue weighted by atomic mass is 9.79. The van der Waals surface area contributed by atoms with Crippen LogP contribution in [-0.4, -0.2) is 6.61 Å². The van der Waals surface area contributed by atoms with Gasteiger partial charge in [0.1, 0.15) is 5.75 Å². The molecule has 1 fully saturated rings. The maximum Gasteiger partial charge on any atom is 0.119 e. The van der Waals surface area contributed by atoms with E-state index in [-0.39, 0.29) is 0 Å². The molecule has 0 unspecified atom stereocenters. The number of ether oxygens (including phenoxy) is 1. The van der Waals surface area contributed by atoms with Gasteiger partial charge in [0.15, 0.2) is 0 Å². The van der Waals surface area contributed by atoms with Gasteiger partial charge in [-0.3, -0.25) is 0 Å². The Hall–Kier alpha value is -1.24. The average Bonchev–Trinajstić information content (AvgIpc) is 2.65. The fraction of sp³-hybridized carbons (Fsp3) is 0.667. The maximum absolute atomic E-state index is 5.73. The Labute approximate surface area is 155 Å². The Morgan fingerprint density at radius 3 is 2.32 bits per heavy atom. The van der Waals surface area contributed by atoms with Crippen molar-refractivity contribution in [2.75, 3.05) is 6.61 Å². The minimum Gasteiger partial charge on any atom is -0.494 e. The highest BCUT2D eigenvalue weighted by molar-refractivity contribution is 5.28. The van der Waals surface area contributed by atoms with Crippen molar-refractivity contribution < 1.29 is 4.74 Å². The van der Waals surface area contributed by atoms with Gasteiger partial charge in [0.25, 0.3) is 0 Å². The number of rotatable bonds is 11. The summed E-state index contributed by atoms with van der Waals surface area (Å²) in [5.74, 6) is 2.83. The third kappa shape index (κ3) is 8.12. The lowest BCUT2D eigenvalue weighted by molar-refractivity contribution is 0.289. The van der Waals surface area contributed by atoms with Gasteiger partial charge in [-0.25, -0.2) is 0 Å². The van der Waals surface area contributed by atoms with Crippen LogP contribution >= 0.6 is 0 Å². The molecule has 0 saturated heterocycles. The maximum atomic E-state index is 5.73. The Kier molecular flexibility index (Phi) is 9.77. The quantitative estimate of drug-likeness (QED) is 0.302. The Morgan fingerprint density at radius 1 is 0.920 bits per heavy atom. The van der Waals surface area contributed by atoms with E-state index in [1.54, 1.807) is 0 Å². The molecule has 0 bridgehead atoms. The summed E-state index contributed by atoms with van der Waals surface area (Å²) < 4.78 is 5.73. The molecule has 1 aromatic rings. The second-order valence-electron chi connectivity index (χ2n) is 7.75. The van der Waals surface area contributed by atoms with Gasteiger partial charge in [-0.1, -0.05) is 70.2 Å². The molecule has 1 aliphatic rings. The van der Waals surface area contributed by atoms with Crippen molar-refractivity contribution in [3.05, 3.63) is 42.0 Å². The summed E-state index contributed by atoms with van der Waals surface area (Å²) in [7, 11) is 0. The van der Waals surface area contributed by atoms with Gasteiger partial charge in [-0.05, 0) is 68.1 Å². The molecule has 0 heterocycles. The molecule has 0 aliphatic heterocycles. The van der Waals surface area contributed by atoms with E-state index in [0.29, 0.717) is 0 Å². The van der Waals surface area contributed by atoms with E-state index in [4.69, 9.17) is 4.74 Å². The van der Waals surface area contributed by atoms with Crippen LogP contribution in [0.1, 0.15) is 83.6 Å². The van der Waals surface area contributed by atoms with Crippen LogP contribution < -0.4 is 4.74 Å². The molecule has 25 heavy (non-hydrogen) atoms. The normalized spacial score (nSPS) is 20.9. The van der Waals surface area contributed by atoms with Crippen molar-refractivity contribution in [3.63, 3.8) is 0 Å². The molecule has 0 radical (unpaired) electrons. The minimum atomic E-state index is 0.819. The molecule has 1 aliphatic carbocycles. The predicted octanol–water partition coefficient (Wildman–Crippen LogP) is 7.35. The predicted molar refractivity (Wildman–Crippen MR) is 109 cm³/mol. The van der Waals surface area contributed by atoms with Gasteiger partial charge in [0.05, 0.1) is 6.61 Å². The molecule has 0 N–H and O–H groups in total. The second kappa shape index (κ2) is 12.2. The molecular weight excluding hydrogens is 304 g/mol. The molecule has 0 spiro atoms. The number of hydrogen-bond acceptors (Lipinski definition) is 1. The smallest absolute Gasteiger partial charge is 0.119 e. The Morgan fingerprint density at radius 2 is 1.64 bits per heavy atom. The van der Waals surface area contributed by atoms with E-state index in [0.717, 1.165) is 37.0 Å². The topological polar surface area (TPSA) is 9.23 Å². The molecule has 1 nitrogen and oxygen atoms in total. The molecule has 2 rings (SSSR count). The van der Waals surface area contributed by atoms with Crippen LogP contribution in [0.2, 0.25) is 0 Å². The van der Waals surface area contributed by atoms with Gasteiger partial charge in [0.2, 0.25) is 0 Å². The van der Waals surface area contributed by atoms with Crippen LogP contribution in [0.3, 0.4) is 0 Å². The second-order valence-corrected chi connectivity index (χ2v) is 7.75. The summed E-state index contributed by atoms with van der Waals surface area (Å²) in [5, 5.41) is 0. The fourth-order valence-electron chi connectivity index (χ4n) is 3.81. The molecule has 0 aromatic heterocycles. The van der Waals surface area contributed by atoms with Crippen LogP contribution in [0.15, 0.2) is 36.4 Å².